The van der Waals surface area contributed by atoms with Crippen molar-refractivity contribution >= 4 is 39.5 Å². The van der Waals surface area contributed by atoms with Gasteiger partial charge in [0.15, 0.2) is 0 Å². The van der Waals surface area contributed by atoms with Crippen LogP contribution in [0.1, 0.15) is 12.5 Å². The topological polar surface area (TPSA) is 9.23 Å². The summed E-state index contributed by atoms with van der Waals surface area (Å²) in [4.78, 5) is 0. The van der Waals surface area contributed by atoms with Crippen molar-refractivity contribution in [2.75, 3.05) is 7.11 Å². The Morgan fingerprint density at radius 1 is 1.00 bits per heavy atom. The summed E-state index contributed by atoms with van der Waals surface area (Å²) in [7, 11) is 1.66. The van der Waals surface area contributed by atoms with E-state index < -0.39 is 0 Å². The molecule has 88 valence electrons. The summed E-state index contributed by atoms with van der Waals surface area (Å²) >= 11 is 11.6. The molecule has 2 aromatic rings. The maximum Gasteiger partial charge on any atom is 0.119 e. The zero-order valence-electron chi connectivity index (χ0n) is 9.63. The fourth-order valence-electron chi connectivity index (χ4n) is 1.69. The number of hydrogen-bond donors (Lipinski definition) is 0. The van der Waals surface area contributed by atoms with Crippen LogP contribution >= 0.6 is 23.2 Å². The third-order valence-electron chi connectivity index (χ3n) is 2.76. The quantitative estimate of drug-likeness (QED) is 0.742. The van der Waals surface area contributed by atoms with Gasteiger partial charge >= 0.3 is 0 Å². The van der Waals surface area contributed by atoms with E-state index in [-0.39, 0.29) is 0 Å². The first-order valence-electron chi connectivity index (χ1n) is 5.22. The van der Waals surface area contributed by atoms with Gasteiger partial charge in [-0.25, -0.2) is 0 Å². The first-order chi connectivity index (χ1) is 8.11. The van der Waals surface area contributed by atoms with Crippen LogP contribution in [0.2, 0.25) is 0 Å². The predicted molar refractivity (Wildman–Crippen MR) is 74.8 cm³/mol. The van der Waals surface area contributed by atoms with E-state index in [1.807, 2.05) is 37.3 Å². The van der Waals surface area contributed by atoms with Crippen molar-refractivity contribution in [3.8, 4) is 5.75 Å². The summed E-state index contributed by atoms with van der Waals surface area (Å²) in [5, 5.41) is 2.27. The third kappa shape index (κ3) is 2.56. The van der Waals surface area contributed by atoms with Gasteiger partial charge in [0.1, 0.15) is 10.2 Å². The monoisotopic (exact) mass is 266 g/mol. The van der Waals surface area contributed by atoms with E-state index in [1.165, 1.54) is 0 Å². The van der Waals surface area contributed by atoms with Crippen molar-refractivity contribution in [1.82, 2.24) is 0 Å². The van der Waals surface area contributed by atoms with Gasteiger partial charge in [-0.3, -0.25) is 0 Å². The summed E-state index contributed by atoms with van der Waals surface area (Å²) in [5.74, 6) is 0.855. The van der Waals surface area contributed by atoms with Gasteiger partial charge in [-0.15, -0.1) is 0 Å². The highest BCUT2D eigenvalue weighted by Crippen LogP contribution is 2.28. The minimum atomic E-state index is 0.304. The molecule has 0 radical (unpaired) electrons. The third-order valence-corrected chi connectivity index (χ3v) is 3.33. The molecule has 0 N–H and O–H groups in total. The van der Waals surface area contributed by atoms with E-state index in [4.69, 9.17) is 27.9 Å². The molecule has 0 amide bonds. The highest BCUT2D eigenvalue weighted by atomic mass is 35.5. The number of allylic oxidation sites excluding steroid dienone is 1. The molecule has 0 aliphatic heterocycles. The summed E-state index contributed by atoms with van der Waals surface area (Å²) in [6, 6.07) is 12.1. The summed E-state index contributed by atoms with van der Waals surface area (Å²) < 4.78 is 5.49. The normalized spacial score (nSPS) is 10.4. The summed E-state index contributed by atoms with van der Waals surface area (Å²) in [6.07, 6.45) is 0. The number of ether oxygens (including phenoxy) is 1. The Morgan fingerprint density at radius 2 is 1.65 bits per heavy atom. The molecule has 2 aromatic carbocycles. The standard InChI is InChI=1S/C14H12Cl2O/c1-9(14(15)16)10-3-4-12-8-13(17-2)6-5-11(12)7-10/h3-8H,1-2H3. The maximum absolute atomic E-state index is 5.79. The van der Waals surface area contributed by atoms with Gasteiger partial charge in [-0.05, 0) is 47.0 Å². The number of benzene rings is 2. The van der Waals surface area contributed by atoms with E-state index in [0.717, 1.165) is 27.7 Å². The summed E-state index contributed by atoms with van der Waals surface area (Å²) in [6.45, 7) is 1.90. The molecule has 0 unspecified atom stereocenters. The minimum Gasteiger partial charge on any atom is -0.497 e. The molecular formula is C14H12Cl2O. The molecule has 0 saturated heterocycles. The van der Waals surface area contributed by atoms with Crippen LogP contribution in [0.3, 0.4) is 0 Å². The van der Waals surface area contributed by atoms with Crippen LogP contribution in [0, 0.1) is 0 Å². The second-order valence-electron chi connectivity index (χ2n) is 3.81. The fourth-order valence-corrected chi connectivity index (χ4v) is 1.91. The smallest absolute Gasteiger partial charge is 0.119 e. The first-order valence-corrected chi connectivity index (χ1v) is 5.97. The molecule has 0 heterocycles. The van der Waals surface area contributed by atoms with Gasteiger partial charge in [0.2, 0.25) is 0 Å². The first kappa shape index (κ1) is 12.3. The molecule has 0 aromatic heterocycles. The van der Waals surface area contributed by atoms with Crippen LogP contribution in [0.25, 0.3) is 16.3 Å². The molecular weight excluding hydrogens is 255 g/mol. The molecule has 0 saturated carbocycles. The van der Waals surface area contributed by atoms with Crippen LogP contribution < -0.4 is 4.74 Å². The number of halogens is 2. The fraction of sp³-hybridized carbons (Fsp3) is 0.143. The molecule has 2 rings (SSSR count). The lowest BCUT2D eigenvalue weighted by Gasteiger charge is -2.06. The Labute approximate surface area is 111 Å². The van der Waals surface area contributed by atoms with Gasteiger partial charge in [-0.1, -0.05) is 41.4 Å². The molecule has 0 aliphatic rings. The molecule has 0 aliphatic carbocycles. The Hall–Kier alpha value is -1.18. The average Bonchev–Trinajstić information content (AvgIpc) is 2.36. The number of fused-ring (bicyclic) bond motifs is 1. The summed E-state index contributed by atoms with van der Waals surface area (Å²) in [5.41, 5.74) is 1.91. The van der Waals surface area contributed by atoms with Crippen molar-refractivity contribution in [2.45, 2.75) is 6.92 Å². The highest BCUT2D eigenvalue weighted by Gasteiger charge is 2.03. The lowest BCUT2D eigenvalue weighted by atomic mass is 10.0. The molecule has 1 nitrogen and oxygen atoms in total. The largest absolute Gasteiger partial charge is 0.497 e. The number of hydrogen-bond acceptors (Lipinski definition) is 1. The lowest BCUT2D eigenvalue weighted by Crippen LogP contribution is -1.84. The van der Waals surface area contributed by atoms with Crippen LogP contribution in [0.15, 0.2) is 40.9 Å². The molecule has 3 heteroatoms. The van der Waals surface area contributed by atoms with Crippen LogP contribution in [0.4, 0.5) is 0 Å². The van der Waals surface area contributed by atoms with E-state index in [2.05, 4.69) is 6.07 Å². The van der Waals surface area contributed by atoms with E-state index in [0.29, 0.717) is 4.49 Å². The predicted octanol–water partition coefficient (Wildman–Crippen LogP) is 5.01. The second kappa shape index (κ2) is 4.99. The van der Waals surface area contributed by atoms with Crippen molar-refractivity contribution in [1.29, 1.82) is 0 Å². The van der Waals surface area contributed by atoms with Crippen LogP contribution in [-0.4, -0.2) is 7.11 Å². The van der Waals surface area contributed by atoms with Gasteiger partial charge in [0.05, 0.1) is 7.11 Å². The molecule has 0 spiro atoms. The zero-order chi connectivity index (χ0) is 12.4. The molecule has 0 bridgehead atoms. The Balaban J connectivity index is 2.56. The maximum atomic E-state index is 5.79. The molecule has 17 heavy (non-hydrogen) atoms. The Morgan fingerprint density at radius 3 is 2.29 bits per heavy atom. The lowest BCUT2D eigenvalue weighted by molar-refractivity contribution is 0.415. The van der Waals surface area contributed by atoms with E-state index in [9.17, 15) is 0 Å². The average molecular weight is 267 g/mol. The zero-order valence-corrected chi connectivity index (χ0v) is 11.1. The van der Waals surface area contributed by atoms with Crippen molar-refractivity contribution < 1.29 is 4.74 Å². The minimum absolute atomic E-state index is 0.304. The Bertz CT molecular complexity index is 584. The van der Waals surface area contributed by atoms with E-state index in [1.54, 1.807) is 7.11 Å². The number of methoxy groups -OCH3 is 1. The van der Waals surface area contributed by atoms with Crippen molar-refractivity contribution in [3.63, 3.8) is 0 Å². The number of rotatable bonds is 2. The molecule has 0 atom stereocenters. The van der Waals surface area contributed by atoms with Gasteiger partial charge < -0.3 is 4.74 Å². The Kier molecular flexibility index (Phi) is 3.60. The van der Waals surface area contributed by atoms with Crippen LogP contribution in [-0.2, 0) is 0 Å². The second-order valence-corrected chi connectivity index (χ2v) is 4.76. The van der Waals surface area contributed by atoms with Crippen molar-refractivity contribution in [2.24, 2.45) is 0 Å². The van der Waals surface area contributed by atoms with Gasteiger partial charge in [-0.2, -0.15) is 0 Å². The van der Waals surface area contributed by atoms with Crippen molar-refractivity contribution in [3.05, 3.63) is 46.5 Å². The molecule has 0 fully saturated rings. The SMILES string of the molecule is COc1ccc2cc(C(C)=C(Cl)Cl)ccc2c1. The highest BCUT2D eigenvalue weighted by molar-refractivity contribution is 6.58. The van der Waals surface area contributed by atoms with Gasteiger partial charge in [0.25, 0.3) is 0 Å². The van der Waals surface area contributed by atoms with E-state index >= 15 is 0 Å². The van der Waals surface area contributed by atoms with Crippen LogP contribution in [0.5, 0.6) is 5.75 Å². The van der Waals surface area contributed by atoms with Gasteiger partial charge in [0, 0.05) is 0 Å².